The first kappa shape index (κ1) is 21.9. The summed E-state index contributed by atoms with van der Waals surface area (Å²) >= 11 is 0. The van der Waals surface area contributed by atoms with Gasteiger partial charge in [0.15, 0.2) is 0 Å². The molecule has 0 heterocycles. The van der Waals surface area contributed by atoms with Gasteiger partial charge in [-0.25, -0.2) is 9.59 Å². The van der Waals surface area contributed by atoms with E-state index in [0.717, 1.165) is 0 Å². The van der Waals surface area contributed by atoms with Crippen LogP contribution in [0.3, 0.4) is 0 Å². The second-order valence-corrected chi connectivity index (χ2v) is 6.73. The largest absolute Gasteiger partial charge is 0.463 e. The second kappa shape index (κ2) is 10.7. The van der Waals surface area contributed by atoms with Gasteiger partial charge in [0, 0.05) is 12.6 Å². The lowest BCUT2D eigenvalue weighted by Gasteiger charge is -2.24. The Balaban J connectivity index is 4.55. The Morgan fingerprint density at radius 3 is 2.29 bits per heavy atom. The highest BCUT2D eigenvalue weighted by Gasteiger charge is 2.24. The molecule has 2 N–H and O–H groups in total. The van der Waals surface area contributed by atoms with Gasteiger partial charge in [-0.1, -0.05) is 19.9 Å². The van der Waals surface area contributed by atoms with Gasteiger partial charge in [-0.2, -0.15) is 0 Å². The van der Waals surface area contributed by atoms with E-state index in [2.05, 4.69) is 10.6 Å². The van der Waals surface area contributed by atoms with Crippen molar-refractivity contribution in [2.24, 2.45) is 5.92 Å². The minimum absolute atomic E-state index is 0.169. The molecular weight excluding hydrogens is 312 g/mol. The van der Waals surface area contributed by atoms with Gasteiger partial charge in [0.2, 0.25) is 5.91 Å². The van der Waals surface area contributed by atoms with Gasteiger partial charge >= 0.3 is 12.1 Å². The van der Waals surface area contributed by atoms with Gasteiger partial charge in [0.05, 0.1) is 6.61 Å². The Morgan fingerprint density at radius 1 is 1.17 bits per heavy atom. The standard InChI is InChI=1S/C17H30N2O5/c1-7-23-14(20)9-8-10-18-15(21)13(11-12(2)3)19-16(22)24-17(4,5)6/h8-9,12-13H,7,10-11H2,1-6H3,(H,18,21)(H,19,22)/b9-8+/t13-/m0/s1. The SMILES string of the molecule is CCOC(=O)/C=C/CNC(=O)[C@H](CC(C)C)NC(=O)OC(C)(C)C. The number of alkyl carbamates (subject to hydrolysis) is 1. The van der Waals surface area contributed by atoms with Crippen LogP contribution in [0.5, 0.6) is 0 Å². The molecule has 0 bridgehead atoms. The monoisotopic (exact) mass is 342 g/mol. The first-order valence-electron chi connectivity index (χ1n) is 8.15. The summed E-state index contributed by atoms with van der Waals surface area (Å²) in [4.78, 5) is 35.2. The molecule has 0 rings (SSSR count). The number of hydrogen-bond donors (Lipinski definition) is 2. The predicted octanol–water partition coefficient (Wildman–Crippen LogP) is 2.16. The minimum atomic E-state index is -0.698. The van der Waals surface area contributed by atoms with Gasteiger partial charge in [-0.3, -0.25) is 4.79 Å². The van der Waals surface area contributed by atoms with Gasteiger partial charge < -0.3 is 20.1 Å². The highest BCUT2D eigenvalue weighted by molar-refractivity contribution is 5.86. The minimum Gasteiger partial charge on any atom is -0.463 e. The van der Waals surface area contributed by atoms with Crippen molar-refractivity contribution in [1.82, 2.24) is 10.6 Å². The third-order valence-electron chi connectivity index (χ3n) is 2.65. The lowest BCUT2D eigenvalue weighted by Crippen LogP contribution is -2.48. The van der Waals surface area contributed by atoms with Crippen molar-refractivity contribution in [3.8, 4) is 0 Å². The zero-order valence-corrected chi connectivity index (χ0v) is 15.5. The molecule has 24 heavy (non-hydrogen) atoms. The van der Waals surface area contributed by atoms with Crippen LogP contribution in [0, 0.1) is 5.92 Å². The molecule has 0 spiro atoms. The Labute approximate surface area is 144 Å². The number of nitrogens with one attached hydrogen (secondary N) is 2. The van der Waals surface area contributed by atoms with Gasteiger partial charge in [0.25, 0.3) is 0 Å². The number of rotatable bonds is 8. The molecular formula is C17H30N2O5. The Hall–Kier alpha value is -2.05. The maximum Gasteiger partial charge on any atom is 0.408 e. The van der Waals surface area contributed by atoms with Crippen molar-refractivity contribution in [1.29, 1.82) is 0 Å². The summed E-state index contributed by atoms with van der Waals surface area (Å²) in [5.41, 5.74) is -0.634. The molecule has 0 aromatic carbocycles. The number of amides is 2. The third-order valence-corrected chi connectivity index (χ3v) is 2.65. The maximum atomic E-state index is 12.2. The van der Waals surface area contributed by atoms with Crippen LogP contribution >= 0.6 is 0 Å². The van der Waals surface area contributed by atoms with E-state index >= 15 is 0 Å². The number of ether oxygens (including phenoxy) is 2. The first-order valence-corrected chi connectivity index (χ1v) is 8.15. The van der Waals surface area contributed by atoms with E-state index in [1.54, 1.807) is 27.7 Å². The van der Waals surface area contributed by atoms with E-state index in [0.29, 0.717) is 13.0 Å². The van der Waals surface area contributed by atoms with E-state index in [1.165, 1.54) is 12.2 Å². The van der Waals surface area contributed by atoms with Crippen LogP contribution in [0.15, 0.2) is 12.2 Å². The van der Waals surface area contributed by atoms with Crippen LogP contribution in [0.4, 0.5) is 4.79 Å². The molecule has 0 aliphatic heterocycles. The molecule has 0 saturated heterocycles. The fourth-order valence-corrected chi connectivity index (χ4v) is 1.78. The van der Waals surface area contributed by atoms with E-state index in [9.17, 15) is 14.4 Å². The molecule has 0 aliphatic rings. The average Bonchev–Trinajstić information content (AvgIpc) is 2.40. The summed E-state index contributed by atoms with van der Waals surface area (Å²) in [5, 5.41) is 5.24. The molecule has 0 aromatic rings. The summed E-state index contributed by atoms with van der Waals surface area (Å²) in [5.74, 6) is -0.578. The van der Waals surface area contributed by atoms with Gasteiger partial charge in [-0.15, -0.1) is 0 Å². The predicted molar refractivity (Wildman–Crippen MR) is 91.4 cm³/mol. The van der Waals surface area contributed by atoms with Crippen molar-refractivity contribution < 1.29 is 23.9 Å². The summed E-state index contributed by atoms with van der Waals surface area (Å²) < 4.78 is 9.91. The van der Waals surface area contributed by atoms with Crippen molar-refractivity contribution >= 4 is 18.0 Å². The van der Waals surface area contributed by atoms with E-state index < -0.39 is 23.7 Å². The molecule has 1 atom stereocenters. The Morgan fingerprint density at radius 2 is 1.79 bits per heavy atom. The van der Waals surface area contributed by atoms with Crippen LogP contribution in [0.1, 0.15) is 48.0 Å². The molecule has 0 aliphatic carbocycles. The average molecular weight is 342 g/mol. The first-order chi connectivity index (χ1) is 11.0. The number of carbonyl (C=O) groups excluding carboxylic acids is 3. The zero-order valence-electron chi connectivity index (χ0n) is 15.5. The fraction of sp³-hybridized carbons (Fsp3) is 0.706. The highest BCUT2D eigenvalue weighted by atomic mass is 16.6. The smallest absolute Gasteiger partial charge is 0.408 e. The molecule has 0 unspecified atom stereocenters. The van der Waals surface area contributed by atoms with E-state index in [4.69, 9.17) is 9.47 Å². The third kappa shape index (κ3) is 11.5. The van der Waals surface area contributed by atoms with Crippen molar-refractivity contribution in [2.75, 3.05) is 13.2 Å². The van der Waals surface area contributed by atoms with Crippen LogP contribution in [0.25, 0.3) is 0 Å². The summed E-state index contributed by atoms with van der Waals surface area (Å²) in [7, 11) is 0. The number of carbonyl (C=O) groups is 3. The van der Waals surface area contributed by atoms with E-state index in [1.807, 2.05) is 13.8 Å². The lowest BCUT2D eigenvalue weighted by molar-refractivity contribution is -0.137. The molecule has 0 radical (unpaired) electrons. The van der Waals surface area contributed by atoms with Crippen LogP contribution in [0.2, 0.25) is 0 Å². The normalized spacial score (nSPS) is 12.8. The molecule has 7 nitrogen and oxygen atoms in total. The van der Waals surface area contributed by atoms with Gasteiger partial charge in [-0.05, 0) is 40.0 Å². The summed E-state index contributed by atoms with van der Waals surface area (Å²) in [6, 6.07) is -0.698. The molecule has 2 amide bonds. The molecule has 7 heteroatoms. The maximum absolute atomic E-state index is 12.2. The molecule has 138 valence electrons. The van der Waals surface area contributed by atoms with Crippen molar-refractivity contribution in [2.45, 2.75) is 59.6 Å². The topological polar surface area (TPSA) is 93.7 Å². The fourth-order valence-electron chi connectivity index (χ4n) is 1.78. The van der Waals surface area contributed by atoms with Crippen LogP contribution in [-0.2, 0) is 19.1 Å². The Kier molecular flexibility index (Phi) is 9.76. The van der Waals surface area contributed by atoms with Crippen molar-refractivity contribution in [3.05, 3.63) is 12.2 Å². The Bertz CT molecular complexity index is 452. The quantitative estimate of drug-likeness (QED) is 0.521. The number of hydrogen-bond acceptors (Lipinski definition) is 5. The summed E-state index contributed by atoms with van der Waals surface area (Å²) in [6.07, 6.45) is 2.59. The summed E-state index contributed by atoms with van der Waals surface area (Å²) in [6.45, 7) is 11.4. The van der Waals surface area contributed by atoms with E-state index in [-0.39, 0.29) is 18.4 Å². The van der Waals surface area contributed by atoms with Gasteiger partial charge in [0.1, 0.15) is 11.6 Å². The van der Waals surface area contributed by atoms with Crippen LogP contribution in [-0.4, -0.2) is 42.8 Å². The lowest BCUT2D eigenvalue weighted by atomic mass is 10.0. The molecule has 0 fully saturated rings. The molecule has 0 saturated carbocycles. The number of esters is 1. The highest BCUT2D eigenvalue weighted by Crippen LogP contribution is 2.09. The van der Waals surface area contributed by atoms with Crippen molar-refractivity contribution in [3.63, 3.8) is 0 Å². The zero-order chi connectivity index (χ0) is 18.8. The second-order valence-electron chi connectivity index (χ2n) is 6.73. The molecule has 0 aromatic heterocycles. The van der Waals surface area contributed by atoms with Crippen LogP contribution < -0.4 is 10.6 Å².